The van der Waals surface area contributed by atoms with Crippen LogP contribution < -0.4 is 10.1 Å². The third kappa shape index (κ3) is 5.47. The average Bonchev–Trinajstić information content (AvgIpc) is 2.66. The molecule has 0 spiro atoms. The van der Waals surface area contributed by atoms with Crippen molar-refractivity contribution in [3.05, 3.63) is 23.8 Å². The van der Waals surface area contributed by atoms with Crippen LogP contribution in [0.1, 0.15) is 63.7 Å². The Balaban J connectivity index is 2.24. The minimum absolute atomic E-state index is 0.160. The lowest BCUT2D eigenvalue weighted by Gasteiger charge is -2.38. The van der Waals surface area contributed by atoms with Gasteiger partial charge < -0.3 is 19.5 Å². The summed E-state index contributed by atoms with van der Waals surface area (Å²) in [6.45, 7) is 9.09. The van der Waals surface area contributed by atoms with E-state index in [4.69, 9.17) is 14.2 Å². The maximum atomic E-state index is 13.1. The number of hydrogen-bond donors (Lipinski definition) is 1. The second kappa shape index (κ2) is 9.92. The summed E-state index contributed by atoms with van der Waals surface area (Å²) in [4.78, 5) is 25.3. The molecule has 1 aliphatic carbocycles. The SMILES string of the molecule is CCO[C@]1(C(=O)Nc2ccc(OCC(C)C)c(C(=O)OC)c2)CCC[C@H](C)C1. The van der Waals surface area contributed by atoms with E-state index >= 15 is 0 Å². The van der Waals surface area contributed by atoms with Gasteiger partial charge in [0.2, 0.25) is 0 Å². The largest absolute Gasteiger partial charge is 0.492 e. The Bertz CT molecular complexity index is 684. The van der Waals surface area contributed by atoms with Crippen LogP contribution in [0, 0.1) is 11.8 Å². The molecule has 0 aromatic heterocycles. The smallest absolute Gasteiger partial charge is 0.341 e. The zero-order valence-electron chi connectivity index (χ0n) is 17.7. The molecular formula is C22H33NO5. The lowest BCUT2D eigenvalue weighted by molar-refractivity contribution is -0.147. The first-order chi connectivity index (χ1) is 13.3. The first-order valence-corrected chi connectivity index (χ1v) is 10.1. The molecule has 156 valence electrons. The van der Waals surface area contributed by atoms with Gasteiger partial charge in [-0.3, -0.25) is 4.79 Å². The highest BCUT2D eigenvalue weighted by Crippen LogP contribution is 2.36. The number of ether oxygens (including phenoxy) is 3. The number of carbonyl (C=O) groups excluding carboxylic acids is 2. The Kier molecular flexibility index (Phi) is 7.87. The molecule has 0 heterocycles. The molecular weight excluding hydrogens is 358 g/mol. The molecule has 0 radical (unpaired) electrons. The highest BCUT2D eigenvalue weighted by Gasteiger charge is 2.42. The van der Waals surface area contributed by atoms with Gasteiger partial charge in [-0.1, -0.05) is 27.2 Å². The van der Waals surface area contributed by atoms with Crippen LogP contribution in [0.2, 0.25) is 0 Å². The van der Waals surface area contributed by atoms with Crippen molar-refractivity contribution in [1.29, 1.82) is 0 Å². The lowest BCUT2D eigenvalue weighted by atomic mass is 9.78. The first-order valence-electron chi connectivity index (χ1n) is 10.1. The highest BCUT2D eigenvalue weighted by atomic mass is 16.5. The number of methoxy groups -OCH3 is 1. The van der Waals surface area contributed by atoms with E-state index in [1.165, 1.54) is 7.11 Å². The molecule has 1 N–H and O–H groups in total. The number of nitrogens with one attached hydrogen (secondary N) is 1. The van der Waals surface area contributed by atoms with Gasteiger partial charge in [0.1, 0.15) is 16.9 Å². The first kappa shape index (κ1) is 22.2. The van der Waals surface area contributed by atoms with Gasteiger partial charge in [0.25, 0.3) is 5.91 Å². The molecule has 1 aromatic carbocycles. The summed E-state index contributed by atoms with van der Waals surface area (Å²) >= 11 is 0. The lowest BCUT2D eigenvalue weighted by Crippen LogP contribution is -2.48. The molecule has 1 aliphatic rings. The Labute approximate surface area is 167 Å². The maximum Gasteiger partial charge on any atom is 0.341 e. The molecule has 6 heteroatoms. The Morgan fingerprint density at radius 2 is 2.07 bits per heavy atom. The quantitative estimate of drug-likeness (QED) is 0.664. The molecule has 28 heavy (non-hydrogen) atoms. The minimum Gasteiger partial charge on any atom is -0.492 e. The van der Waals surface area contributed by atoms with Gasteiger partial charge in [0, 0.05) is 12.3 Å². The molecule has 2 rings (SSSR count). The van der Waals surface area contributed by atoms with Gasteiger partial charge in [-0.2, -0.15) is 0 Å². The van der Waals surface area contributed by atoms with Gasteiger partial charge in [0.15, 0.2) is 0 Å². The van der Waals surface area contributed by atoms with E-state index < -0.39 is 11.6 Å². The molecule has 1 aromatic rings. The second-order valence-electron chi connectivity index (χ2n) is 7.99. The fraction of sp³-hybridized carbons (Fsp3) is 0.636. The number of carbonyl (C=O) groups is 2. The fourth-order valence-electron chi connectivity index (χ4n) is 3.69. The Morgan fingerprint density at radius 3 is 2.68 bits per heavy atom. The molecule has 0 aliphatic heterocycles. The predicted octanol–water partition coefficient (Wildman–Crippen LogP) is 4.43. The number of benzene rings is 1. The molecule has 1 amide bonds. The third-order valence-electron chi connectivity index (χ3n) is 5.01. The van der Waals surface area contributed by atoms with E-state index in [1.807, 2.05) is 20.8 Å². The third-order valence-corrected chi connectivity index (χ3v) is 5.01. The van der Waals surface area contributed by atoms with Crippen molar-refractivity contribution in [2.75, 3.05) is 25.6 Å². The fourth-order valence-corrected chi connectivity index (χ4v) is 3.69. The summed E-state index contributed by atoms with van der Waals surface area (Å²) in [6.07, 6.45) is 3.48. The van der Waals surface area contributed by atoms with Crippen LogP contribution in [0.15, 0.2) is 18.2 Å². The molecule has 2 atom stereocenters. The van der Waals surface area contributed by atoms with Gasteiger partial charge >= 0.3 is 5.97 Å². The standard InChI is InChI=1S/C22H33NO5/c1-6-28-22(11-7-8-16(4)13-22)21(25)23-17-9-10-19(27-14-15(2)3)18(12-17)20(24)26-5/h9-10,12,15-16H,6-8,11,13-14H2,1-5H3,(H,23,25)/t16-,22+/m0/s1. The highest BCUT2D eigenvalue weighted by molar-refractivity contribution is 5.99. The second-order valence-corrected chi connectivity index (χ2v) is 7.99. The van der Waals surface area contributed by atoms with Crippen LogP contribution in [-0.4, -0.2) is 37.8 Å². The van der Waals surface area contributed by atoms with E-state index in [0.29, 0.717) is 54.9 Å². The predicted molar refractivity (Wildman–Crippen MR) is 109 cm³/mol. The monoisotopic (exact) mass is 391 g/mol. The Morgan fingerprint density at radius 1 is 1.32 bits per heavy atom. The van der Waals surface area contributed by atoms with E-state index in [2.05, 4.69) is 12.2 Å². The molecule has 0 saturated heterocycles. The van der Waals surface area contributed by atoms with Crippen molar-refractivity contribution in [2.24, 2.45) is 11.8 Å². The summed E-state index contributed by atoms with van der Waals surface area (Å²) < 4.78 is 16.5. The summed E-state index contributed by atoms with van der Waals surface area (Å²) in [7, 11) is 1.33. The van der Waals surface area contributed by atoms with E-state index in [1.54, 1.807) is 18.2 Å². The van der Waals surface area contributed by atoms with Crippen molar-refractivity contribution < 1.29 is 23.8 Å². The Hall–Kier alpha value is -2.08. The van der Waals surface area contributed by atoms with Crippen molar-refractivity contribution in [3.63, 3.8) is 0 Å². The number of amides is 1. The van der Waals surface area contributed by atoms with Gasteiger partial charge in [-0.25, -0.2) is 4.79 Å². The zero-order valence-corrected chi connectivity index (χ0v) is 17.7. The van der Waals surface area contributed by atoms with Crippen LogP contribution in [0.5, 0.6) is 5.75 Å². The maximum absolute atomic E-state index is 13.1. The zero-order chi connectivity index (χ0) is 20.7. The summed E-state index contributed by atoms with van der Waals surface area (Å²) in [5.41, 5.74) is 0.00742. The van der Waals surface area contributed by atoms with Crippen molar-refractivity contribution in [2.45, 2.75) is 59.0 Å². The van der Waals surface area contributed by atoms with E-state index in [0.717, 1.165) is 12.8 Å². The van der Waals surface area contributed by atoms with Gasteiger partial charge in [-0.15, -0.1) is 0 Å². The summed E-state index contributed by atoms with van der Waals surface area (Å²) in [5, 5.41) is 2.94. The molecule has 6 nitrogen and oxygen atoms in total. The number of esters is 1. The number of anilines is 1. The average molecular weight is 392 g/mol. The normalized spacial score (nSPS) is 22.0. The van der Waals surface area contributed by atoms with E-state index in [-0.39, 0.29) is 5.91 Å². The number of hydrogen-bond acceptors (Lipinski definition) is 5. The van der Waals surface area contributed by atoms with Crippen molar-refractivity contribution >= 4 is 17.6 Å². The van der Waals surface area contributed by atoms with Crippen LogP contribution in [0.3, 0.4) is 0 Å². The molecule has 0 bridgehead atoms. The summed E-state index contributed by atoms with van der Waals surface area (Å²) in [5.74, 6) is 0.547. The topological polar surface area (TPSA) is 73.9 Å². The summed E-state index contributed by atoms with van der Waals surface area (Å²) in [6, 6.07) is 5.04. The van der Waals surface area contributed by atoms with Crippen molar-refractivity contribution in [1.82, 2.24) is 0 Å². The van der Waals surface area contributed by atoms with Crippen LogP contribution >= 0.6 is 0 Å². The van der Waals surface area contributed by atoms with Gasteiger partial charge in [-0.05, 0) is 56.2 Å². The van der Waals surface area contributed by atoms with E-state index in [9.17, 15) is 9.59 Å². The minimum atomic E-state index is -0.815. The van der Waals surface area contributed by atoms with Crippen LogP contribution in [0.4, 0.5) is 5.69 Å². The molecule has 1 saturated carbocycles. The molecule has 1 fully saturated rings. The molecule has 0 unspecified atom stereocenters. The van der Waals surface area contributed by atoms with Crippen molar-refractivity contribution in [3.8, 4) is 5.75 Å². The number of rotatable bonds is 8. The van der Waals surface area contributed by atoms with Gasteiger partial charge in [0.05, 0.1) is 13.7 Å². The van der Waals surface area contributed by atoms with Crippen LogP contribution in [-0.2, 0) is 14.3 Å². The van der Waals surface area contributed by atoms with Crippen LogP contribution in [0.25, 0.3) is 0 Å².